The smallest absolute Gasteiger partial charge is 0.237 e. The predicted octanol–water partition coefficient (Wildman–Crippen LogP) is 0.735. The van der Waals surface area contributed by atoms with Gasteiger partial charge in [-0.05, 0) is 45.7 Å². The Balaban J connectivity index is 2.83. The lowest BCUT2D eigenvalue weighted by atomic mass is 9.73. The van der Waals surface area contributed by atoms with Crippen LogP contribution in [-0.2, 0) is 9.59 Å². The maximum Gasteiger partial charge on any atom is 0.237 e. The summed E-state index contributed by atoms with van der Waals surface area (Å²) in [4.78, 5) is 25.5. The number of piperidine rings is 1. The van der Waals surface area contributed by atoms with E-state index in [1.165, 1.54) is 0 Å². The minimum absolute atomic E-state index is 0.0000779. The normalized spacial score (nSPS) is 20.4. The average Bonchev–Trinajstić information content (AvgIpc) is 2.35. The first-order chi connectivity index (χ1) is 8.76. The van der Waals surface area contributed by atoms with Crippen molar-refractivity contribution in [1.29, 1.82) is 0 Å². The summed E-state index contributed by atoms with van der Waals surface area (Å²) in [6.45, 7) is 9.66. The molecule has 19 heavy (non-hydrogen) atoms. The lowest BCUT2D eigenvalue weighted by Crippen LogP contribution is -2.52. The number of primary amides is 1. The quantitative estimate of drug-likeness (QED) is 0.773. The van der Waals surface area contributed by atoms with Crippen LogP contribution in [0.1, 0.15) is 40.5 Å². The molecule has 0 aromatic carbocycles. The Bertz CT molecular complexity index is 334. The van der Waals surface area contributed by atoms with Crippen LogP contribution < -0.4 is 11.1 Å². The Labute approximate surface area is 115 Å². The highest BCUT2D eigenvalue weighted by molar-refractivity contribution is 5.87. The Kier molecular flexibility index (Phi) is 5.35. The molecule has 1 saturated heterocycles. The first-order valence-electron chi connectivity index (χ1n) is 7.07. The molecule has 1 aliphatic rings. The van der Waals surface area contributed by atoms with Gasteiger partial charge in [0.15, 0.2) is 0 Å². The molecule has 0 radical (unpaired) electrons. The molecule has 1 aliphatic heterocycles. The van der Waals surface area contributed by atoms with Gasteiger partial charge in [-0.25, -0.2) is 0 Å². The van der Waals surface area contributed by atoms with Gasteiger partial charge in [-0.1, -0.05) is 13.8 Å². The standard InChI is InChI=1S/C14H27N3O2/c1-10(2)17(9-12(15)18)13(19)14(3,4)11-6-5-7-16-8-11/h10-11,16H,5-9H2,1-4H3,(H2,15,18). The summed E-state index contributed by atoms with van der Waals surface area (Å²) in [5, 5.41) is 3.34. The van der Waals surface area contributed by atoms with Crippen LogP contribution in [0.3, 0.4) is 0 Å². The van der Waals surface area contributed by atoms with E-state index >= 15 is 0 Å². The third-order valence-corrected chi connectivity index (χ3v) is 4.08. The molecule has 0 aromatic heterocycles. The van der Waals surface area contributed by atoms with E-state index in [0.29, 0.717) is 5.92 Å². The molecule has 5 heteroatoms. The second-order valence-electron chi connectivity index (χ2n) is 6.26. The third-order valence-electron chi connectivity index (χ3n) is 4.08. The molecule has 0 saturated carbocycles. The van der Waals surface area contributed by atoms with E-state index in [0.717, 1.165) is 25.9 Å². The zero-order chi connectivity index (χ0) is 14.6. The summed E-state index contributed by atoms with van der Waals surface area (Å²) in [6, 6.07) is -0.0178. The number of nitrogens with one attached hydrogen (secondary N) is 1. The zero-order valence-electron chi connectivity index (χ0n) is 12.5. The van der Waals surface area contributed by atoms with Gasteiger partial charge >= 0.3 is 0 Å². The van der Waals surface area contributed by atoms with Crippen molar-refractivity contribution in [2.75, 3.05) is 19.6 Å². The Morgan fingerprint density at radius 3 is 2.47 bits per heavy atom. The van der Waals surface area contributed by atoms with E-state index in [1.54, 1.807) is 4.90 Å². The number of nitrogens with zero attached hydrogens (tertiary/aromatic N) is 1. The van der Waals surface area contributed by atoms with Crippen molar-refractivity contribution in [3.8, 4) is 0 Å². The van der Waals surface area contributed by atoms with E-state index in [9.17, 15) is 9.59 Å². The first-order valence-corrected chi connectivity index (χ1v) is 7.07. The minimum atomic E-state index is -0.465. The monoisotopic (exact) mass is 269 g/mol. The molecule has 0 bridgehead atoms. The van der Waals surface area contributed by atoms with Crippen LogP contribution >= 0.6 is 0 Å². The van der Waals surface area contributed by atoms with Crippen LogP contribution in [0.4, 0.5) is 0 Å². The average molecular weight is 269 g/mol. The zero-order valence-corrected chi connectivity index (χ0v) is 12.5. The van der Waals surface area contributed by atoms with Crippen molar-refractivity contribution >= 4 is 11.8 Å². The van der Waals surface area contributed by atoms with Crippen molar-refractivity contribution in [3.63, 3.8) is 0 Å². The van der Waals surface area contributed by atoms with Crippen LogP contribution in [0.2, 0.25) is 0 Å². The fraction of sp³-hybridized carbons (Fsp3) is 0.857. The largest absolute Gasteiger partial charge is 0.368 e. The minimum Gasteiger partial charge on any atom is -0.368 e. The van der Waals surface area contributed by atoms with E-state index in [2.05, 4.69) is 5.32 Å². The maximum atomic E-state index is 12.7. The van der Waals surface area contributed by atoms with Gasteiger partial charge in [-0.15, -0.1) is 0 Å². The van der Waals surface area contributed by atoms with Gasteiger partial charge in [-0.2, -0.15) is 0 Å². The highest BCUT2D eigenvalue weighted by Gasteiger charge is 2.40. The molecule has 1 heterocycles. The fourth-order valence-corrected chi connectivity index (χ4v) is 2.67. The second-order valence-corrected chi connectivity index (χ2v) is 6.26. The highest BCUT2D eigenvalue weighted by atomic mass is 16.2. The molecule has 5 nitrogen and oxygen atoms in total. The molecule has 0 aliphatic carbocycles. The molecule has 0 spiro atoms. The SMILES string of the molecule is CC(C)N(CC(N)=O)C(=O)C(C)(C)C1CCCNC1. The molecular formula is C14H27N3O2. The molecule has 1 atom stereocenters. The summed E-state index contributed by atoms with van der Waals surface area (Å²) in [7, 11) is 0. The molecule has 2 amide bonds. The van der Waals surface area contributed by atoms with Gasteiger partial charge in [0.2, 0.25) is 11.8 Å². The van der Waals surface area contributed by atoms with Crippen LogP contribution in [0.5, 0.6) is 0 Å². The van der Waals surface area contributed by atoms with E-state index in [4.69, 9.17) is 5.73 Å². The van der Waals surface area contributed by atoms with Crippen molar-refractivity contribution in [3.05, 3.63) is 0 Å². The van der Waals surface area contributed by atoms with E-state index < -0.39 is 11.3 Å². The highest BCUT2D eigenvalue weighted by Crippen LogP contribution is 2.34. The second kappa shape index (κ2) is 6.37. The number of rotatable bonds is 5. The van der Waals surface area contributed by atoms with Crippen LogP contribution in [0.15, 0.2) is 0 Å². The summed E-state index contributed by atoms with van der Waals surface area (Å²) in [5.41, 5.74) is 4.78. The fourth-order valence-electron chi connectivity index (χ4n) is 2.67. The van der Waals surface area contributed by atoms with Crippen molar-refractivity contribution in [2.24, 2.45) is 17.1 Å². The summed E-state index contributed by atoms with van der Waals surface area (Å²) in [5.74, 6) is -0.127. The lowest BCUT2D eigenvalue weighted by molar-refractivity contribution is -0.148. The van der Waals surface area contributed by atoms with Gasteiger partial charge in [0.1, 0.15) is 0 Å². The molecule has 3 N–H and O–H groups in total. The first kappa shape index (κ1) is 16.0. The number of hydrogen-bond acceptors (Lipinski definition) is 3. The van der Waals surface area contributed by atoms with E-state index in [-0.39, 0.29) is 18.5 Å². The van der Waals surface area contributed by atoms with Gasteiger partial charge in [0.25, 0.3) is 0 Å². The topological polar surface area (TPSA) is 75.4 Å². The summed E-state index contributed by atoms with van der Waals surface area (Å²) < 4.78 is 0. The number of amides is 2. The molecular weight excluding hydrogens is 242 g/mol. The number of carbonyl (C=O) groups excluding carboxylic acids is 2. The van der Waals surface area contributed by atoms with E-state index in [1.807, 2.05) is 27.7 Å². The molecule has 1 rings (SSSR count). The molecule has 1 unspecified atom stereocenters. The van der Waals surface area contributed by atoms with Crippen molar-refractivity contribution < 1.29 is 9.59 Å². The van der Waals surface area contributed by atoms with Crippen molar-refractivity contribution in [2.45, 2.75) is 46.6 Å². The molecule has 110 valence electrons. The van der Waals surface area contributed by atoms with Gasteiger partial charge in [0, 0.05) is 11.5 Å². The number of carbonyl (C=O) groups is 2. The predicted molar refractivity (Wildman–Crippen MR) is 75.4 cm³/mol. The summed E-state index contributed by atoms with van der Waals surface area (Å²) in [6.07, 6.45) is 2.15. The summed E-state index contributed by atoms with van der Waals surface area (Å²) >= 11 is 0. The van der Waals surface area contributed by atoms with Gasteiger partial charge in [-0.3, -0.25) is 9.59 Å². The maximum absolute atomic E-state index is 12.7. The third kappa shape index (κ3) is 3.93. The van der Waals surface area contributed by atoms with Crippen LogP contribution in [0.25, 0.3) is 0 Å². The van der Waals surface area contributed by atoms with Crippen LogP contribution in [-0.4, -0.2) is 42.4 Å². The van der Waals surface area contributed by atoms with Crippen molar-refractivity contribution in [1.82, 2.24) is 10.2 Å². The number of hydrogen-bond donors (Lipinski definition) is 2. The molecule has 0 aromatic rings. The lowest BCUT2D eigenvalue weighted by Gasteiger charge is -2.40. The Morgan fingerprint density at radius 2 is 2.05 bits per heavy atom. The van der Waals surface area contributed by atoms with Gasteiger partial charge in [0.05, 0.1) is 6.54 Å². The molecule has 1 fully saturated rings. The Hall–Kier alpha value is -1.10. The van der Waals surface area contributed by atoms with Gasteiger partial charge < -0.3 is 16.0 Å². The number of nitrogens with two attached hydrogens (primary N) is 1. The Morgan fingerprint density at radius 1 is 1.42 bits per heavy atom. The van der Waals surface area contributed by atoms with Crippen LogP contribution in [0, 0.1) is 11.3 Å².